The number of rotatable bonds is 7. The van der Waals surface area contributed by atoms with Crippen molar-refractivity contribution in [2.24, 2.45) is 5.41 Å². The molecule has 1 saturated heterocycles. The largest absolute Gasteiger partial charge is 0.507 e. The molecular formula is C23H26BrNO5. The van der Waals surface area contributed by atoms with Crippen LogP contribution in [-0.4, -0.2) is 48.0 Å². The summed E-state index contributed by atoms with van der Waals surface area (Å²) in [4.78, 5) is 26.9. The maximum atomic E-state index is 13.4. The molecule has 0 unspecified atom stereocenters. The second kappa shape index (κ2) is 9.08. The number of amides is 1. The van der Waals surface area contributed by atoms with Crippen LogP contribution in [0.15, 0.2) is 40.9 Å². The molecule has 0 aromatic heterocycles. The molecule has 160 valence electrons. The molecule has 0 saturated carbocycles. The first-order chi connectivity index (χ1) is 14.3. The number of phenolic OH excluding ortho intramolecular Hbond substituents is 1. The number of hydrogen-bond acceptors (Lipinski definition) is 5. The minimum atomic E-state index is -0.215. The molecule has 1 atom stereocenters. The summed E-state index contributed by atoms with van der Waals surface area (Å²) in [7, 11) is 0. The van der Waals surface area contributed by atoms with E-state index in [1.54, 1.807) is 41.3 Å². The van der Waals surface area contributed by atoms with Crippen LogP contribution in [0.3, 0.4) is 0 Å². The zero-order chi connectivity index (χ0) is 21.9. The van der Waals surface area contributed by atoms with E-state index in [1.165, 1.54) is 0 Å². The molecule has 2 aromatic rings. The number of carbonyl (C=O) groups excluding carboxylic acids is 2. The summed E-state index contributed by atoms with van der Waals surface area (Å²) in [6, 6.07) is 9.93. The summed E-state index contributed by atoms with van der Waals surface area (Å²) in [6.45, 7) is 7.28. The maximum absolute atomic E-state index is 13.4. The predicted octanol–water partition coefficient (Wildman–Crippen LogP) is 4.69. The number of phenols is 1. The number of halogens is 1. The van der Waals surface area contributed by atoms with Gasteiger partial charge in [0.2, 0.25) is 0 Å². The summed E-state index contributed by atoms with van der Waals surface area (Å²) in [5.74, 6) is 0.802. The molecular weight excluding hydrogens is 450 g/mol. The number of aromatic hydroxyl groups is 1. The van der Waals surface area contributed by atoms with Crippen LogP contribution in [0.5, 0.6) is 17.2 Å². The van der Waals surface area contributed by atoms with E-state index in [0.717, 1.165) is 6.42 Å². The molecule has 2 aromatic carbocycles. The van der Waals surface area contributed by atoms with Crippen LogP contribution in [0, 0.1) is 5.41 Å². The van der Waals surface area contributed by atoms with Crippen molar-refractivity contribution in [3.05, 3.63) is 52.0 Å². The summed E-state index contributed by atoms with van der Waals surface area (Å²) in [5, 5.41) is 9.86. The molecule has 1 aliphatic rings. The van der Waals surface area contributed by atoms with E-state index in [2.05, 4.69) is 29.8 Å². The van der Waals surface area contributed by atoms with E-state index in [-0.39, 0.29) is 35.3 Å². The number of benzene rings is 2. The molecule has 3 rings (SSSR count). The lowest BCUT2D eigenvalue weighted by atomic mass is 9.91. The van der Waals surface area contributed by atoms with Crippen LogP contribution in [0.4, 0.5) is 0 Å². The molecule has 0 radical (unpaired) electrons. The van der Waals surface area contributed by atoms with Gasteiger partial charge < -0.3 is 19.5 Å². The molecule has 0 aliphatic carbocycles. The Balaban J connectivity index is 1.86. The van der Waals surface area contributed by atoms with Gasteiger partial charge >= 0.3 is 0 Å². The minimum absolute atomic E-state index is 0.0847. The predicted molar refractivity (Wildman–Crippen MR) is 118 cm³/mol. The fourth-order valence-corrected chi connectivity index (χ4v) is 4.25. The fourth-order valence-electron chi connectivity index (χ4n) is 3.87. The number of likely N-dealkylation sites (tertiary alicyclic amines) is 1. The smallest absolute Gasteiger partial charge is 0.255 e. The van der Waals surface area contributed by atoms with Gasteiger partial charge in [-0.1, -0.05) is 26.0 Å². The highest BCUT2D eigenvalue weighted by molar-refractivity contribution is 9.10. The zero-order valence-corrected chi connectivity index (χ0v) is 18.9. The quantitative estimate of drug-likeness (QED) is 0.587. The van der Waals surface area contributed by atoms with E-state index < -0.39 is 0 Å². The topological polar surface area (TPSA) is 76.1 Å². The lowest BCUT2D eigenvalue weighted by molar-refractivity contribution is 0.0680. The third-order valence-electron chi connectivity index (χ3n) is 5.18. The first kappa shape index (κ1) is 22.2. The normalized spacial score (nSPS) is 17.6. The number of carbonyl (C=O) groups is 2. The number of ether oxygens (including phenoxy) is 2. The minimum Gasteiger partial charge on any atom is -0.507 e. The van der Waals surface area contributed by atoms with Crippen molar-refractivity contribution in [3.8, 4) is 17.2 Å². The average Bonchev–Trinajstić information content (AvgIpc) is 3.03. The Labute approximate surface area is 184 Å². The van der Waals surface area contributed by atoms with Crippen molar-refractivity contribution in [3.63, 3.8) is 0 Å². The van der Waals surface area contributed by atoms with Gasteiger partial charge in [0, 0.05) is 6.54 Å². The molecule has 1 N–H and O–H groups in total. The van der Waals surface area contributed by atoms with Crippen LogP contribution >= 0.6 is 15.9 Å². The molecule has 0 spiro atoms. The van der Waals surface area contributed by atoms with Crippen molar-refractivity contribution in [1.82, 2.24) is 4.90 Å². The van der Waals surface area contributed by atoms with Crippen molar-refractivity contribution in [2.45, 2.75) is 33.2 Å². The molecule has 1 aliphatic heterocycles. The molecule has 6 nitrogen and oxygen atoms in total. The van der Waals surface area contributed by atoms with Crippen LogP contribution < -0.4 is 9.47 Å². The van der Waals surface area contributed by atoms with Gasteiger partial charge in [0.1, 0.15) is 28.3 Å². The Kier molecular flexibility index (Phi) is 6.71. The molecule has 0 bridgehead atoms. The van der Waals surface area contributed by atoms with Crippen LogP contribution in [0.25, 0.3) is 0 Å². The van der Waals surface area contributed by atoms with Crippen molar-refractivity contribution in [1.29, 1.82) is 0 Å². The molecule has 1 fully saturated rings. The highest BCUT2D eigenvalue weighted by Crippen LogP contribution is 2.38. The Morgan fingerprint density at radius 2 is 1.93 bits per heavy atom. The number of aldehydes is 1. The lowest BCUT2D eigenvalue weighted by Gasteiger charge is -2.26. The summed E-state index contributed by atoms with van der Waals surface area (Å²) >= 11 is 3.33. The average molecular weight is 476 g/mol. The SMILES string of the molecule is CCOc1cccc(C(=O)N2CC(C)(C)C[C@H]2COc2cccc(O)c2Br)c1C=O. The number of nitrogens with zero attached hydrogens (tertiary/aromatic N) is 1. The van der Waals surface area contributed by atoms with Crippen LogP contribution in [-0.2, 0) is 0 Å². The molecule has 1 amide bonds. The Morgan fingerprint density at radius 3 is 2.63 bits per heavy atom. The van der Waals surface area contributed by atoms with E-state index in [4.69, 9.17) is 9.47 Å². The monoisotopic (exact) mass is 475 g/mol. The van der Waals surface area contributed by atoms with Gasteiger partial charge in [-0.15, -0.1) is 0 Å². The van der Waals surface area contributed by atoms with E-state index in [1.807, 2.05) is 6.92 Å². The molecule has 30 heavy (non-hydrogen) atoms. The van der Waals surface area contributed by atoms with Crippen LogP contribution in [0.1, 0.15) is 47.9 Å². The van der Waals surface area contributed by atoms with Gasteiger partial charge in [0.15, 0.2) is 6.29 Å². The zero-order valence-electron chi connectivity index (χ0n) is 17.4. The van der Waals surface area contributed by atoms with E-state index >= 15 is 0 Å². The second-order valence-electron chi connectivity index (χ2n) is 8.12. The van der Waals surface area contributed by atoms with Gasteiger partial charge in [0.25, 0.3) is 5.91 Å². The molecule has 7 heteroatoms. The standard InChI is InChI=1S/C23H26BrNO5/c1-4-29-19-9-5-7-16(17(19)12-26)22(28)25-14-23(2,3)11-15(25)13-30-20-10-6-8-18(27)21(20)24/h5-10,12,15,27H,4,11,13-14H2,1-3H3/t15-/m0/s1. The fraction of sp³-hybridized carbons (Fsp3) is 0.391. The maximum Gasteiger partial charge on any atom is 0.255 e. The third kappa shape index (κ3) is 4.61. The first-order valence-electron chi connectivity index (χ1n) is 9.89. The first-order valence-corrected chi connectivity index (χ1v) is 10.7. The van der Waals surface area contributed by atoms with Crippen molar-refractivity contribution in [2.75, 3.05) is 19.8 Å². The summed E-state index contributed by atoms with van der Waals surface area (Å²) < 4.78 is 11.9. The Bertz CT molecular complexity index is 943. The van der Waals surface area contributed by atoms with Crippen molar-refractivity contribution < 1.29 is 24.2 Å². The highest BCUT2D eigenvalue weighted by atomic mass is 79.9. The van der Waals surface area contributed by atoms with E-state index in [9.17, 15) is 14.7 Å². The van der Waals surface area contributed by atoms with Gasteiger partial charge in [-0.05, 0) is 59.0 Å². The van der Waals surface area contributed by atoms with Crippen LogP contribution in [0.2, 0.25) is 0 Å². The van der Waals surface area contributed by atoms with E-state index in [0.29, 0.717) is 41.0 Å². The van der Waals surface area contributed by atoms with Gasteiger partial charge in [0.05, 0.1) is 23.8 Å². The Hall–Kier alpha value is -2.54. The van der Waals surface area contributed by atoms with Gasteiger partial charge in [-0.25, -0.2) is 0 Å². The summed E-state index contributed by atoms with van der Waals surface area (Å²) in [5.41, 5.74) is 0.514. The lowest BCUT2D eigenvalue weighted by Crippen LogP contribution is -2.39. The van der Waals surface area contributed by atoms with Gasteiger partial charge in [-0.2, -0.15) is 0 Å². The van der Waals surface area contributed by atoms with Gasteiger partial charge in [-0.3, -0.25) is 9.59 Å². The highest BCUT2D eigenvalue weighted by Gasteiger charge is 2.41. The molecule has 1 heterocycles. The van der Waals surface area contributed by atoms with Crippen molar-refractivity contribution >= 4 is 28.1 Å². The Morgan fingerprint density at radius 1 is 1.23 bits per heavy atom. The number of hydrogen-bond donors (Lipinski definition) is 1. The third-order valence-corrected chi connectivity index (χ3v) is 5.97. The summed E-state index contributed by atoms with van der Waals surface area (Å²) in [6.07, 6.45) is 1.44. The second-order valence-corrected chi connectivity index (χ2v) is 8.92.